The van der Waals surface area contributed by atoms with Gasteiger partial charge in [-0.1, -0.05) is 13.8 Å². The molecular formula is C21H34O6. The van der Waals surface area contributed by atoms with E-state index < -0.39 is 11.0 Å². The molecule has 3 atom stereocenters. The van der Waals surface area contributed by atoms with Crippen molar-refractivity contribution < 1.29 is 28.9 Å². The van der Waals surface area contributed by atoms with Gasteiger partial charge in [0.15, 0.2) is 0 Å². The Morgan fingerprint density at radius 2 is 1.52 bits per heavy atom. The van der Waals surface area contributed by atoms with E-state index in [9.17, 15) is 14.7 Å². The first kappa shape index (κ1) is 20.6. The monoisotopic (exact) mass is 382 g/mol. The molecule has 0 amide bonds. The predicted octanol–water partition coefficient (Wildman–Crippen LogP) is 3.00. The minimum absolute atomic E-state index is 0.00314. The number of epoxide rings is 1. The molecule has 0 aromatic rings. The van der Waals surface area contributed by atoms with E-state index >= 15 is 0 Å². The van der Waals surface area contributed by atoms with Crippen LogP contribution in [0, 0.1) is 17.3 Å². The third-order valence-electron chi connectivity index (χ3n) is 6.46. The zero-order valence-electron chi connectivity index (χ0n) is 17.1. The summed E-state index contributed by atoms with van der Waals surface area (Å²) in [5.74, 6) is -0.596. The summed E-state index contributed by atoms with van der Waals surface area (Å²) in [4.78, 5) is 24.6. The molecule has 2 aliphatic carbocycles. The van der Waals surface area contributed by atoms with Crippen LogP contribution in [-0.2, 0) is 23.8 Å². The van der Waals surface area contributed by atoms with Gasteiger partial charge >= 0.3 is 11.9 Å². The second kappa shape index (κ2) is 7.36. The van der Waals surface area contributed by atoms with Gasteiger partial charge in [0.05, 0.1) is 42.4 Å². The second-order valence-electron chi connectivity index (χ2n) is 10.0. The molecule has 1 heterocycles. The third-order valence-corrected chi connectivity index (χ3v) is 6.46. The lowest BCUT2D eigenvalue weighted by molar-refractivity contribution is -0.159. The summed E-state index contributed by atoms with van der Waals surface area (Å²) < 4.78 is 16.7. The summed E-state index contributed by atoms with van der Waals surface area (Å²) in [6.07, 6.45) is 5.23. The number of esters is 2. The number of carbonyl (C=O) groups is 2. The first-order valence-electron chi connectivity index (χ1n) is 10.2. The first-order valence-corrected chi connectivity index (χ1v) is 10.2. The van der Waals surface area contributed by atoms with Gasteiger partial charge in [0.1, 0.15) is 0 Å². The molecule has 1 N–H and O–H groups in total. The van der Waals surface area contributed by atoms with E-state index in [1.165, 1.54) is 0 Å². The maximum absolute atomic E-state index is 12.4. The Morgan fingerprint density at radius 1 is 1.00 bits per heavy atom. The highest BCUT2D eigenvalue weighted by molar-refractivity contribution is 5.73. The van der Waals surface area contributed by atoms with E-state index in [0.717, 1.165) is 19.3 Å². The average molecular weight is 382 g/mol. The molecule has 6 nitrogen and oxygen atoms in total. The molecule has 0 radical (unpaired) electrons. The van der Waals surface area contributed by atoms with Gasteiger partial charge in [0.25, 0.3) is 0 Å². The van der Waals surface area contributed by atoms with Gasteiger partial charge in [-0.15, -0.1) is 0 Å². The summed E-state index contributed by atoms with van der Waals surface area (Å²) in [6, 6.07) is 0. The van der Waals surface area contributed by atoms with Gasteiger partial charge in [0, 0.05) is 5.41 Å². The van der Waals surface area contributed by atoms with Crippen LogP contribution in [0.3, 0.4) is 0 Å². The molecule has 3 fully saturated rings. The Hall–Kier alpha value is -1.14. The number of aliphatic hydroxyl groups is 1. The van der Waals surface area contributed by atoms with E-state index in [-0.39, 0.29) is 48.7 Å². The largest absolute Gasteiger partial charge is 0.465 e. The number of rotatable bonds is 6. The van der Waals surface area contributed by atoms with Crippen LogP contribution < -0.4 is 0 Å². The van der Waals surface area contributed by atoms with E-state index in [1.54, 1.807) is 0 Å². The third kappa shape index (κ3) is 5.23. The molecular weight excluding hydrogens is 348 g/mol. The SMILES string of the molecule is CC(C)(COC(=O)C1CCC(C)(O)CC1)COC(=O)C1CCC2(C)OC2C1. The Morgan fingerprint density at radius 3 is 2.07 bits per heavy atom. The molecule has 1 saturated heterocycles. The Kier molecular flexibility index (Phi) is 5.61. The molecule has 6 heteroatoms. The van der Waals surface area contributed by atoms with Crippen LogP contribution in [0.5, 0.6) is 0 Å². The van der Waals surface area contributed by atoms with Crippen LogP contribution in [-0.4, -0.2) is 47.6 Å². The zero-order chi connectivity index (χ0) is 19.9. The van der Waals surface area contributed by atoms with Crippen molar-refractivity contribution in [2.45, 2.75) is 89.9 Å². The highest BCUT2D eigenvalue weighted by Gasteiger charge is 2.56. The Balaban J connectivity index is 1.37. The number of fused-ring (bicyclic) bond motifs is 1. The molecule has 0 spiro atoms. The highest BCUT2D eigenvalue weighted by Crippen LogP contribution is 2.49. The Bertz CT molecular complexity index is 573. The number of hydrogen-bond donors (Lipinski definition) is 1. The van der Waals surface area contributed by atoms with Crippen molar-refractivity contribution in [3.05, 3.63) is 0 Å². The molecule has 0 aromatic heterocycles. The van der Waals surface area contributed by atoms with Gasteiger partial charge in [-0.2, -0.15) is 0 Å². The van der Waals surface area contributed by atoms with Crippen LogP contribution in [0.25, 0.3) is 0 Å². The fourth-order valence-electron chi connectivity index (χ4n) is 4.15. The minimum atomic E-state index is -0.660. The molecule has 2 saturated carbocycles. The zero-order valence-corrected chi connectivity index (χ0v) is 17.1. The summed E-state index contributed by atoms with van der Waals surface area (Å²) in [5.41, 5.74) is -1.09. The maximum atomic E-state index is 12.4. The van der Waals surface area contributed by atoms with Gasteiger partial charge < -0.3 is 19.3 Å². The van der Waals surface area contributed by atoms with E-state index in [4.69, 9.17) is 14.2 Å². The highest BCUT2D eigenvalue weighted by atomic mass is 16.6. The summed E-state index contributed by atoms with van der Waals surface area (Å²) in [7, 11) is 0. The number of hydrogen-bond acceptors (Lipinski definition) is 6. The van der Waals surface area contributed by atoms with Crippen molar-refractivity contribution in [1.82, 2.24) is 0 Å². The van der Waals surface area contributed by atoms with Crippen molar-refractivity contribution in [2.24, 2.45) is 17.3 Å². The lowest BCUT2D eigenvalue weighted by atomic mass is 9.80. The normalized spacial score (nSPS) is 38.6. The Labute approximate surface area is 161 Å². The van der Waals surface area contributed by atoms with Gasteiger partial charge in [-0.05, 0) is 58.8 Å². The fraction of sp³-hybridized carbons (Fsp3) is 0.905. The van der Waals surface area contributed by atoms with Crippen molar-refractivity contribution in [2.75, 3.05) is 13.2 Å². The van der Waals surface area contributed by atoms with Crippen molar-refractivity contribution in [1.29, 1.82) is 0 Å². The molecule has 3 unspecified atom stereocenters. The maximum Gasteiger partial charge on any atom is 0.309 e. The van der Waals surface area contributed by atoms with Gasteiger partial charge in [0.2, 0.25) is 0 Å². The van der Waals surface area contributed by atoms with Gasteiger partial charge in [-0.25, -0.2) is 0 Å². The smallest absolute Gasteiger partial charge is 0.309 e. The van der Waals surface area contributed by atoms with Crippen molar-refractivity contribution in [3.8, 4) is 0 Å². The second-order valence-corrected chi connectivity index (χ2v) is 10.0. The van der Waals surface area contributed by atoms with Crippen molar-refractivity contribution in [3.63, 3.8) is 0 Å². The topological polar surface area (TPSA) is 85.4 Å². The number of carbonyl (C=O) groups excluding carboxylic acids is 2. The molecule has 1 aliphatic heterocycles. The van der Waals surface area contributed by atoms with Crippen LogP contribution in [0.1, 0.15) is 72.6 Å². The quantitative estimate of drug-likeness (QED) is 0.561. The van der Waals surface area contributed by atoms with Crippen LogP contribution in [0.4, 0.5) is 0 Å². The lowest BCUT2D eigenvalue weighted by Crippen LogP contribution is -2.36. The predicted molar refractivity (Wildman–Crippen MR) is 98.9 cm³/mol. The van der Waals surface area contributed by atoms with Gasteiger partial charge in [-0.3, -0.25) is 9.59 Å². The average Bonchev–Trinajstić information content (AvgIpc) is 3.28. The molecule has 0 bridgehead atoms. The first-order chi connectivity index (χ1) is 12.5. The van der Waals surface area contributed by atoms with E-state index in [0.29, 0.717) is 25.7 Å². The lowest BCUT2D eigenvalue weighted by Gasteiger charge is -2.32. The minimum Gasteiger partial charge on any atom is -0.465 e. The molecule has 3 rings (SSSR count). The molecule has 0 aromatic carbocycles. The van der Waals surface area contributed by atoms with Crippen LogP contribution in [0.2, 0.25) is 0 Å². The summed E-state index contributed by atoms with van der Waals surface area (Å²) in [5, 5.41) is 9.99. The molecule has 3 aliphatic rings. The van der Waals surface area contributed by atoms with E-state index in [1.807, 2.05) is 20.8 Å². The summed E-state index contributed by atoms with van der Waals surface area (Å²) in [6.45, 7) is 8.23. The van der Waals surface area contributed by atoms with E-state index in [2.05, 4.69) is 6.92 Å². The molecule has 27 heavy (non-hydrogen) atoms. The summed E-state index contributed by atoms with van der Waals surface area (Å²) >= 11 is 0. The standard InChI is InChI=1S/C21H34O6/c1-19(2,12-25-17(22)14-5-8-20(3,24)9-6-14)13-26-18(23)15-7-10-21(4)16(11-15)27-21/h14-16,24H,5-13H2,1-4H3. The molecule has 154 valence electrons. The number of ether oxygens (including phenoxy) is 3. The van der Waals surface area contributed by atoms with Crippen molar-refractivity contribution >= 4 is 11.9 Å². The van der Waals surface area contributed by atoms with Crippen LogP contribution >= 0.6 is 0 Å². The fourth-order valence-corrected chi connectivity index (χ4v) is 4.15. The van der Waals surface area contributed by atoms with Crippen LogP contribution in [0.15, 0.2) is 0 Å².